The van der Waals surface area contributed by atoms with Crippen molar-refractivity contribution in [1.82, 2.24) is 9.69 Å². The fraction of sp³-hybridized carbons (Fsp3) is 0.333. The van der Waals surface area contributed by atoms with Crippen LogP contribution >= 0.6 is 11.5 Å². The van der Waals surface area contributed by atoms with Gasteiger partial charge in [0.2, 0.25) is 0 Å². The van der Waals surface area contributed by atoms with Crippen LogP contribution in [0.4, 0.5) is 11.4 Å². The number of hydrogen-bond donors (Lipinski definition) is 3. The highest BCUT2D eigenvalue weighted by atomic mass is 32.1. The highest BCUT2D eigenvalue weighted by molar-refractivity contribution is 7.09. The van der Waals surface area contributed by atoms with E-state index in [1.807, 2.05) is 27.7 Å². The van der Waals surface area contributed by atoms with Gasteiger partial charge in [-0.1, -0.05) is 0 Å². The predicted molar refractivity (Wildman–Crippen MR) is 134 cm³/mol. The van der Waals surface area contributed by atoms with Gasteiger partial charge < -0.3 is 25.9 Å². The normalized spacial score (nSPS) is 12.1. The molecule has 11 heteroatoms. The number of carbonyl (C=O) groups excluding carboxylic acids is 3. The lowest BCUT2D eigenvalue weighted by molar-refractivity contribution is -0.124. The highest BCUT2D eigenvalue weighted by Crippen LogP contribution is 2.34. The van der Waals surface area contributed by atoms with Gasteiger partial charge in [-0.25, -0.2) is 0 Å². The molecule has 1 aromatic carbocycles. The number of nitrogens with two attached hydrogens (primary N) is 2. The van der Waals surface area contributed by atoms with Crippen molar-refractivity contribution in [1.29, 1.82) is 0 Å². The molecule has 35 heavy (non-hydrogen) atoms. The Hall–Kier alpha value is -3.86. The Kier molecular flexibility index (Phi) is 7.49. The summed E-state index contributed by atoms with van der Waals surface area (Å²) in [6.07, 6.45) is 0. The second-order valence-corrected chi connectivity index (χ2v) is 9.60. The van der Waals surface area contributed by atoms with E-state index in [-0.39, 0.29) is 22.0 Å². The first kappa shape index (κ1) is 25.8. The fourth-order valence-corrected chi connectivity index (χ4v) is 4.15. The maximum Gasteiger partial charge on any atom is 0.273 e. The summed E-state index contributed by atoms with van der Waals surface area (Å²) in [7, 11) is 0. The fourth-order valence-electron chi connectivity index (χ4n) is 3.40. The quantitative estimate of drug-likeness (QED) is 0.429. The van der Waals surface area contributed by atoms with E-state index in [0.717, 1.165) is 11.5 Å². The average molecular weight is 500 g/mol. The molecule has 1 unspecified atom stereocenters. The Morgan fingerprint density at radius 3 is 2.31 bits per heavy atom. The maximum absolute atomic E-state index is 13.9. The molecule has 186 valence electrons. The molecule has 0 bridgehead atoms. The van der Waals surface area contributed by atoms with E-state index in [0.29, 0.717) is 23.8 Å². The molecule has 3 aromatic rings. The Bertz CT molecular complexity index is 1230. The second kappa shape index (κ2) is 10.2. The zero-order valence-electron chi connectivity index (χ0n) is 20.2. The zero-order chi connectivity index (χ0) is 25.9. The smallest absolute Gasteiger partial charge is 0.273 e. The Morgan fingerprint density at radius 2 is 1.83 bits per heavy atom. The van der Waals surface area contributed by atoms with Crippen molar-refractivity contribution in [3.63, 3.8) is 0 Å². The lowest BCUT2D eigenvalue weighted by Crippen LogP contribution is -2.49. The number of carbonyl (C=O) groups is 3. The van der Waals surface area contributed by atoms with E-state index in [9.17, 15) is 14.4 Å². The molecule has 0 saturated carbocycles. The standard InChI is InChI=1S/C24H29N5O5S/c1-6-33-15-10-8-14(9-11-15)29(23(32)20-17(25)18(21(26)30)28-35-20)19(16-12-7-13(2)34-16)22(31)27-24(3,4)5/h7-12,19H,6,25H2,1-5H3,(H2,26,30)(H,27,31). The molecular formula is C24H29N5O5S. The molecule has 0 fully saturated rings. The van der Waals surface area contributed by atoms with Gasteiger partial charge in [0.1, 0.15) is 22.1 Å². The number of rotatable bonds is 8. The molecule has 0 saturated heterocycles. The van der Waals surface area contributed by atoms with E-state index in [2.05, 4.69) is 9.69 Å². The van der Waals surface area contributed by atoms with E-state index in [4.69, 9.17) is 20.6 Å². The van der Waals surface area contributed by atoms with Gasteiger partial charge >= 0.3 is 0 Å². The summed E-state index contributed by atoms with van der Waals surface area (Å²) in [6.45, 7) is 9.57. The number of ether oxygens (including phenoxy) is 1. The van der Waals surface area contributed by atoms with E-state index < -0.39 is 29.3 Å². The number of furan rings is 1. The van der Waals surface area contributed by atoms with Gasteiger partial charge in [-0.2, -0.15) is 4.37 Å². The van der Waals surface area contributed by atoms with Crippen molar-refractivity contribution in [2.24, 2.45) is 5.73 Å². The molecular weight excluding hydrogens is 470 g/mol. The maximum atomic E-state index is 13.9. The molecule has 0 aliphatic heterocycles. The van der Waals surface area contributed by atoms with Crippen LogP contribution in [0.25, 0.3) is 0 Å². The van der Waals surface area contributed by atoms with Crippen molar-refractivity contribution in [3.8, 4) is 5.75 Å². The van der Waals surface area contributed by atoms with Crippen LogP contribution in [0.5, 0.6) is 5.75 Å². The van der Waals surface area contributed by atoms with Gasteiger partial charge in [-0.05, 0) is 82.5 Å². The first-order valence-electron chi connectivity index (χ1n) is 10.9. The number of primary amides is 1. The van der Waals surface area contributed by atoms with E-state index >= 15 is 0 Å². The molecule has 0 aliphatic carbocycles. The summed E-state index contributed by atoms with van der Waals surface area (Å²) < 4.78 is 15.3. The number of benzene rings is 1. The summed E-state index contributed by atoms with van der Waals surface area (Å²) in [6, 6.07) is 8.85. The molecule has 2 heterocycles. The number of nitrogens with one attached hydrogen (secondary N) is 1. The van der Waals surface area contributed by atoms with Gasteiger partial charge in [0.05, 0.1) is 12.3 Å². The largest absolute Gasteiger partial charge is 0.494 e. The number of aromatic nitrogens is 1. The van der Waals surface area contributed by atoms with Crippen molar-refractivity contribution < 1.29 is 23.5 Å². The summed E-state index contributed by atoms with van der Waals surface area (Å²) in [4.78, 5) is 40.4. The number of aryl methyl sites for hydroxylation is 1. The van der Waals surface area contributed by atoms with Crippen LogP contribution < -0.4 is 26.4 Å². The van der Waals surface area contributed by atoms with Crippen LogP contribution in [0.3, 0.4) is 0 Å². The minimum Gasteiger partial charge on any atom is -0.494 e. The third kappa shape index (κ3) is 5.80. The molecule has 10 nitrogen and oxygen atoms in total. The molecule has 0 spiro atoms. The minimum atomic E-state index is -1.19. The molecule has 2 aromatic heterocycles. The summed E-state index contributed by atoms with van der Waals surface area (Å²) >= 11 is 0.735. The molecule has 0 aliphatic rings. The van der Waals surface area contributed by atoms with Crippen molar-refractivity contribution in [2.75, 3.05) is 17.2 Å². The van der Waals surface area contributed by atoms with E-state index in [1.54, 1.807) is 43.3 Å². The summed E-state index contributed by atoms with van der Waals surface area (Å²) in [5.41, 5.74) is 10.9. The summed E-state index contributed by atoms with van der Waals surface area (Å²) in [5.74, 6) is -0.534. The third-order valence-electron chi connectivity index (χ3n) is 4.84. The molecule has 3 rings (SSSR count). The first-order chi connectivity index (χ1) is 16.4. The molecule has 3 amide bonds. The monoisotopic (exact) mass is 499 g/mol. The van der Waals surface area contributed by atoms with Gasteiger partial charge in [-0.3, -0.25) is 19.3 Å². The van der Waals surface area contributed by atoms with Crippen molar-refractivity contribution in [3.05, 3.63) is 58.5 Å². The van der Waals surface area contributed by atoms with Gasteiger partial charge in [0.15, 0.2) is 11.7 Å². The zero-order valence-corrected chi connectivity index (χ0v) is 21.1. The van der Waals surface area contributed by atoms with Crippen molar-refractivity contribution >= 4 is 40.6 Å². The van der Waals surface area contributed by atoms with Crippen LogP contribution in [0.2, 0.25) is 0 Å². The molecule has 0 radical (unpaired) electrons. The van der Waals surface area contributed by atoms with E-state index in [1.165, 1.54) is 4.90 Å². The Labute approximate surface area is 207 Å². The average Bonchev–Trinajstić information content (AvgIpc) is 3.36. The van der Waals surface area contributed by atoms with Crippen LogP contribution in [0.1, 0.15) is 65.4 Å². The number of amides is 3. The summed E-state index contributed by atoms with van der Waals surface area (Å²) in [5, 5.41) is 2.92. The van der Waals surface area contributed by atoms with Gasteiger partial charge in [-0.15, -0.1) is 0 Å². The van der Waals surface area contributed by atoms with Gasteiger partial charge in [0.25, 0.3) is 17.7 Å². The van der Waals surface area contributed by atoms with Crippen molar-refractivity contribution in [2.45, 2.75) is 46.2 Å². The Balaban J connectivity index is 2.19. The van der Waals surface area contributed by atoms with Gasteiger partial charge in [0, 0.05) is 11.2 Å². The van der Waals surface area contributed by atoms with Crippen LogP contribution in [0.15, 0.2) is 40.8 Å². The lowest BCUT2D eigenvalue weighted by atomic mass is 10.1. The number of hydrogen-bond acceptors (Lipinski definition) is 8. The second-order valence-electron chi connectivity index (χ2n) is 8.83. The molecule has 5 N–H and O–H groups in total. The predicted octanol–water partition coefficient (Wildman–Crippen LogP) is 3.43. The third-order valence-corrected chi connectivity index (χ3v) is 5.69. The SMILES string of the molecule is CCOc1ccc(N(C(=O)c2snc(C(N)=O)c2N)C(C(=O)NC(C)(C)C)c2ccc(C)o2)cc1. The highest BCUT2D eigenvalue weighted by Gasteiger charge is 2.38. The van der Waals surface area contributed by atoms with Crippen LogP contribution in [0, 0.1) is 6.92 Å². The lowest BCUT2D eigenvalue weighted by Gasteiger charge is -2.32. The first-order valence-corrected chi connectivity index (χ1v) is 11.7. The minimum absolute atomic E-state index is 0.0236. The van der Waals surface area contributed by atoms with Crippen LogP contribution in [-0.4, -0.2) is 34.2 Å². The topological polar surface area (TPSA) is 154 Å². The Morgan fingerprint density at radius 1 is 1.17 bits per heavy atom. The van der Waals surface area contributed by atoms with Crippen LogP contribution in [-0.2, 0) is 4.79 Å². The molecule has 1 atom stereocenters. The number of anilines is 2. The number of nitrogen functional groups attached to an aromatic ring is 1. The number of nitrogens with zero attached hydrogens (tertiary/aromatic N) is 2.